The maximum atomic E-state index is 5.43. The molecule has 0 aliphatic heterocycles. The van der Waals surface area contributed by atoms with E-state index in [0.717, 1.165) is 21.7 Å². The van der Waals surface area contributed by atoms with Crippen molar-refractivity contribution in [2.75, 3.05) is 7.05 Å². The van der Waals surface area contributed by atoms with Crippen molar-refractivity contribution in [2.45, 2.75) is 31.2 Å². The van der Waals surface area contributed by atoms with Crippen LogP contribution in [0.4, 0.5) is 0 Å². The molecule has 0 radical (unpaired) electrons. The first kappa shape index (κ1) is 12.3. The summed E-state index contributed by atoms with van der Waals surface area (Å²) < 4.78 is 6.49. The lowest BCUT2D eigenvalue weighted by Crippen LogP contribution is -2.27. The predicted molar refractivity (Wildman–Crippen MR) is 74.8 cm³/mol. The molecule has 6 heteroatoms. The molecule has 2 atom stereocenters. The van der Waals surface area contributed by atoms with E-state index in [9.17, 15) is 0 Å². The summed E-state index contributed by atoms with van der Waals surface area (Å²) >= 11 is 5.06. The van der Waals surface area contributed by atoms with Crippen molar-refractivity contribution in [2.24, 2.45) is 0 Å². The number of rotatable bonds is 3. The summed E-state index contributed by atoms with van der Waals surface area (Å²) in [7, 11) is 2.00. The summed E-state index contributed by atoms with van der Waals surface area (Å²) in [6.45, 7) is 0. The molecule has 2 aromatic rings. The monoisotopic (exact) mass is 327 g/mol. The molecule has 0 spiro atoms. The Morgan fingerprint density at radius 2 is 2.39 bits per heavy atom. The van der Waals surface area contributed by atoms with E-state index in [2.05, 4.69) is 31.4 Å². The molecule has 3 rings (SSSR count). The van der Waals surface area contributed by atoms with Gasteiger partial charge in [-0.3, -0.25) is 0 Å². The summed E-state index contributed by atoms with van der Waals surface area (Å²) in [6, 6.07) is 2.48. The van der Waals surface area contributed by atoms with Crippen LogP contribution in [-0.2, 0) is 0 Å². The maximum Gasteiger partial charge on any atom is 0.231 e. The first-order valence-electron chi connectivity index (χ1n) is 6.03. The van der Waals surface area contributed by atoms with Crippen LogP contribution in [0.25, 0.3) is 10.7 Å². The Bertz CT molecular complexity index is 539. The molecule has 2 aromatic heterocycles. The van der Waals surface area contributed by atoms with Gasteiger partial charge in [-0.05, 0) is 41.9 Å². The topological polar surface area (TPSA) is 51.0 Å². The van der Waals surface area contributed by atoms with Gasteiger partial charge < -0.3 is 9.84 Å². The number of nitrogens with zero attached hydrogens (tertiary/aromatic N) is 2. The van der Waals surface area contributed by atoms with Gasteiger partial charge in [0.25, 0.3) is 0 Å². The van der Waals surface area contributed by atoms with Crippen molar-refractivity contribution in [1.29, 1.82) is 0 Å². The van der Waals surface area contributed by atoms with Crippen molar-refractivity contribution in [3.05, 3.63) is 21.8 Å². The average Bonchev–Trinajstić information content (AvgIpc) is 3.07. The average molecular weight is 328 g/mol. The molecule has 0 bridgehead atoms. The zero-order valence-corrected chi connectivity index (χ0v) is 12.4. The number of hydrogen-bond donors (Lipinski definition) is 1. The summed E-state index contributed by atoms with van der Waals surface area (Å²) in [6.07, 6.45) is 3.53. The first-order valence-corrected chi connectivity index (χ1v) is 7.70. The van der Waals surface area contributed by atoms with Gasteiger partial charge in [0.15, 0.2) is 0 Å². The Morgan fingerprint density at radius 1 is 1.50 bits per heavy atom. The fourth-order valence-electron chi connectivity index (χ4n) is 2.52. The van der Waals surface area contributed by atoms with Crippen LogP contribution < -0.4 is 5.32 Å². The lowest BCUT2D eigenvalue weighted by molar-refractivity contribution is 0.335. The van der Waals surface area contributed by atoms with Crippen molar-refractivity contribution >= 4 is 27.3 Å². The molecule has 0 aromatic carbocycles. The molecular weight excluding hydrogens is 314 g/mol. The number of thiophene rings is 1. The Labute approximate surface area is 118 Å². The van der Waals surface area contributed by atoms with Crippen LogP contribution in [0.1, 0.15) is 31.1 Å². The molecule has 96 valence electrons. The minimum Gasteiger partial charge on any atom is -0.339 e. The van der Waals surface area contributed by atoms with Gasteiger partial charge in [-0.15, -0.1) is 11.3 Å². The second kappa shape index (κ2) is 5.11. The molecule has 0 amide bonds. The molecule has 2 unspecified atom stereocenters. The Kier molecular flexibility index (Phi) is 3.50. The molecule has 1 N–H and O–H groups in total. The van der Waals surface area contributed by atoms with E-state index in [1.165, 1.54) is 12.8 Å². The van der Waals surface area contributed by atoms with Crippen LogP contribution in [0, 0.1) is 0 Å². The summed E-state index contributed by atoms with van der Waals surface area (Å²) in [4.78, 5) is 5.58. The number of hydrogen-bond acceptors (Lipinski definition) is 5. The second-order valence-corrected chi connectivity index (χ2v) is 6.34. The standard InChI is InChI=1S/C12H14BrN3OS/c1-14-9-4-2-3-8(9)12-15-11(16-17-12)10-5-7(13)6-18-10/h5-6,8-9,14H,2-4H2,1H3. The molecule has 1 saturated carbocycles. The zero-order valence-electron chi connectivity index (χ0n) is 10.0. The minimum absolute atomic E-state index is 0.361. The number of likely N-dealkylation sites (N-methyl/N-ethyl adjacent to an activating group) is 1. The SMILES string of the molecule is CNC1CCCC1c1nc(-c2cc(Br)cs2)no1. The first-order chi connectivity index (χ1) is 8.78. The number of halogens is 1. The maximum absolute atomic E-state index is 5.43. The third-order valence-corrected chi connectivity index (χ3v) is 5.12. The third kappa shape index (κ3) is 2.24. The lowest BCUT2D eigenvalue weighted by Gasteiger charge is -2.14. The molecule has 1 aliphatic carbocycles. The largest absolute Gasteiger partial charge is 0.339 e. The Hall–Kier alpha value is -0.720. The number of aromatic nitrogens is 2. The van der Waals surface area contributed by atoms with E-state index >= 15 is 0 Å². The number of nitrogens with one attached hydrogen (secondary N) is 1. The van der Waals surface area contributed by atoms with Gasteiger partial charge in [-0.25, -0.2) is 0 Å². The van der Waals surface area contributed by atoms with Crippen molar-refractivity contribution in [3.8, 4) is 10.7 Å². The quantitative estimate of drug-likeness (QED) is 0.938. The van der Waals surface area contributed by atoms with E-state index in [4.69, 9.17) is 4.52 Å². The van der Waals surface area contributed by atoms with Gasteiger partial charge >= 0.3 is 0 Å². The van der Waals surface area contributed by atoms with Crippen LogP contribution in [0.15, 0.2) is 20.4 Å². The van der Waals surface area contributed by atoms with Gasteiger partial charge in [-0.2, -0.15) is 4.98 Å². The summed E-state index contributed by atoms with van der Waals surface area (Å²) in [5, 5.41) is 9.45. The molecule has 1 aliphatic rings. The highest BCUT2D eigenvalue weighted by molar-refractivity contribution is 9.10. The molecule has 1 fully saturated rings. The Balaban J connectivity index is 1.85. The molecule has 2 heterocycles. The van der Waals surface area contributed by atoms with Crippen LogP contribution in [-0.4, -0.2) is 23.2 Å². The predicted octanol–water partition coefficient (Wildman–Crippen LogP) is 3.42. The van der Waals surface area contributed by atoms with E-state index in [0.29, 0.717) is 17.8 Å². The fraction of sp³-hybridized carbons (Fsp3) is 0.500. The fourth-order valence-corrected chi connectivity index (χ4v) is 3.87. The van der Waals surface area contributed by atoms with E-state index in [1.807, 2.05) is 18.5 Å². The highest BCUT2D eigenvalue weighted by Gasteiger charge is 2.32. The van der Waals surface area contributed by atoms with E-state index in [-0.39, 0.29) is 0 Å². The molecular formula is C12H14BrN3OS. The molecule has 4 nitrogen and oxygen atoms in total. The van der Waals surface area contributed by atoms with Gasteiger partial charge in [0.2, 0.25) is 11.7 Å². The summed E-state index contributed by atoms with van der Waals surface area (Å²) in [5.41, 5.74) is 0. The van der Waals surface area contributed by atoms with Gasteiger partial charge in [-0.1, -0.05) is 11.6 Å². The van der Waals surface area contributed by atoms with Crippen molar-refractivity contribution < 1.29 is 4.52 Å². The zero-order chi connectivity index (χ0) is 12.5. The van der Waals surface area contributed by atoms with E-state index in [1.54, 1.807) is 11.3 Å². The van der Waals surface area contributed by atoms with Gasteiger partial charge in [0.1, 0.15) is 0 Å². The summed E-state index contributed by atoms with van der Waals surface area (Å²) in [5.74, 6) is 1.83. The van der Waals surface area contributed by atoms with Crippen LogP contribution in [0.2, 0.25) is 0 Å². The lowest BCUT2D eigenvalue weighted by atomic mass is 10.0. The highest BCUT2D eigenvalue weighted by atomic mass is 79.9. The third-order valence-electron chi connectivity index (χ3n) is 3.43. The van der Waals surface area contributed by atoms with Gasteiger partial charge in [0.05, 0.1) is 10.8 Å². The van der Waals surface area contributed by atoms with Crippen molar-refractivity contribution in [3.63, 3.8) is 0 Å². The van der Waals surface area contributed by atoms with E-state index < -0.39 is 0 Å². The second-order valence-electron chi connectivity index (χ2n) is 4.52. The van der Waals surface area contributed by atoms with Crippen LogP contribution in [0.3, 0.4) is 0 Å². The highest BCUT2D eigenvalue weighted by Crippen LogP contribution is 2.35. The van der Waals surface area contributed by atoms with Crippen molar-refractivity contribution in [1.82, 2.24) is 15.5 Å². The molecule has 18 heavy (non-hydrogen) atoms. The smallest absolute Gasteiger partial charge is 0.231 e. The Morgan fingerprint density at radius 3 is 3.11 bits per heavy atom. The molecule has 0 saturated heterocycles. The van der Waals surface area contributed by atoms with Gasteiger partial charge in [0, 0.05) is 15.9 Å². The minimum atomic E-state index is 0.361. The van der Waals surface area contributed by atoms with Crippen LogP contribution in [0.5, 0.6) is 0 Å². The normalized spacial score (nSPS) is 23.7. The van der Waals surface area contributed by atoms with Crippen LogP contribution >= 0.6 is 27.3 Å².